The Bertz CT molecular complexity index is 1230. The topological polar surface area (TPSA) is 104 Å². The number of fused-ring (bicyclic) bond motifs is 1. The van der Waals surface area contributed by atoms with Gasteiger partial charge in [0.2, 0.25) is 5.91 Å². The molecule has 1 aliphatic rings. The van der Waals surface area contributed by atoms with E-state index in [9.17, 15) is 14.7 Å². The molecule has 1 aliphatic heterocycles. The summed E-state index contributed by atoms with van der Waals surface area (Å²) in [6.45, 7) is 6.72. The summed E-state index contributed by atoms with van der Waals surface area (Å²) in [5.41, 5.74) is 14.5. The van der Waals surface area contributed by atoms with Crippen LogP contribution in [0.25, 0.3) is 0 Å². The second kappa shape index (κ2) is 10.3. The molecular formula is C29H33N3O3. The minimum Gasteiger partial charge on any atom is -0.478 e. The fourth-order valence-electron chi connectivity index (χ4n) is 5.07. The highest BCUT2D eigenvalue weighted by molar-refractivity contribution is 5.96. The molecule has 5 N–H and O–H groups in total. The number of aryl methyl sites for hydroxylation is 3. The number of hydrogen-bond donors (Lipinski definition) is 4. The van der Waals surface area contributed by atoms with Gasteiger partial charge in [-0.1, -0.05) is 54.1 Å². The number of carboxylic acids is 1. The van der Waals surface area contributed by atoms with Crippen molar-refractivity contribution in [2.75, 3.05) is 11.9 Å². The van der Waals surface area contributed by atoms with E-state index in [1.807, 2.05) is 50.2 Å². The molecule has 2 atom stereocenters. The van der Waals surface area contributed by atoms with Gasteiger partial charge in [-0.15, -0.1) is 0 Å². The lowest BCUT2D eigenvalue weighted by Gasteiger charge is -2.30. The van der Waals surface area contributed by atoms with Crippen molar-refractivity contribution in [2.24, 2.45) is 5.73 Å². The van der Waals surface area contributed by atoms with E-state index in [1.54, 1.807) is 6.07 Å². The lowest BCUT2D eigenvalue weighted by atomic mass is 9.90. The van der Waals surface area contributed by atoms with Crippen LogP contribution in [0.5, 0.6) is 0 Å². The molecule has 0 bridgehead atoms. The number of rotatable bonds is 7. The first-order valence-electron chi connectivity index (χ1n) is 12.0. The van der Waals surface area contributed by atoms with Gasteiger partial charge in [-0.2, -0.15) is 0 Å². The summed E-state index contributed by atoms with van der Waals surface area (Å²) in [4.78, 5) is 25.2. The van der Waals surface area contributed by atoms with E-state index in [2.05, 4.69) is 29.7 Å². The number of hydrogen-bond acceptors (Lipinski definition) is 4. The van der Waals surface area contributed by atoms with Crippen LogP contribution in [0.4, 0.5) is 5.69 Å². The van der Waals surface area contributed by atoms with Crippen LogP contribution in [0.15, 0.2) is 54.6 Å². The van der Waals surface area contributed by atoms with Gasteiger partial charge in [0.25, 0.3) is 0 Å². The minimum absolute atomic E-state index is 0.225. The number of anilines is 1. The Hall–Kier alpha value is -3.64. The third kappa shape index (κ3) is 5.54. The first-order valence-corrected chi connectivity index (χ1v) is 12.0. The number of carbonyl (C=O) groups excluding carboxylic acids is 1. The molecule has 0 aliphatic carbocycles. The van der Waals surface area contributed by atoms with E-state index in [-0.39, 0.29) is 17.5 Å². The van der Waals surface area contributed by atoms with Crippen molar-refractivity contribution in [3.63, 3.8) is 0 Å². The number of aromatic carboxylic acids is 1. The molecule has 6 nitrogen and oxygen atoms in total. The highest BCUT2D eigenvalue weighted by atomic mass is 16.4. The Kier molecular flexibility index (Phi) is 7.22. The fraction of sp³-hybridized carbons (Fsp3) is 0.310. The number of carbonyl (C=O) groups is 2. The predicted molar refractivity (Wildman–Crippen MR) is 139 cm³/mol. The molecule has 0 saturated heterocycles. The number of nitrogens with one attached hydrogen (secondary N) is 2. The summed E-state index contributed by atoms with van der Waals surface area (Å²) in [6, 6.07) is 16.9. The zero-order chi connectivity index (χ0) is 25.1. The molecule has 6 heteroatoms. The molecule has 0 fully saturated rings. The Labute approximate surface area is 206 Å². The predicted octanol–water partition coefficient (Wildman–Crippen LogP) is 4.44. The van der Waals surface area contributed by atoms with Crippen LogP contribution in [0.3, 0.4) is 0 Å². The number of amides is 1. The van der Waals surface area contributed by atoms with Gasteiger partial charge in [0, 0.05) is 6.54 Å². The molecule has 1 heterocycles. The standard InChI is InChI=1S/C29H33N3O3/c1-17-11-18(2)22(19(3)12-17)16-25(30)28(33)32-26-9-10-31-27-23(26)14-21(15-24(27)29(34)35)13-20-7-5-4-6-8-20/h4-8,11-12,14-15,25-26,31H,9-10,13,16,30H2,1-3H3,(H,32,33)(H,34,35)/t25-,26+/m0/s1. The molecular weight excluding hydrogens is 438 g/mol. The monoisotopic (exact) mass is 471 g/mol. The van der Waals surface area contributed by atoms with Crippen LogP contribution in [0.1, 0.15) is 61.8 Å². The number of carboxylic acid groups (broad SMARTS) is 1. The van der Waals surface area contributed by atoms with Crippen molar-refractivity contribution in [1.29, 1.82) is 0 Å². The van der Waals surface area contributed by atoms with Crippen LogP contribution in [0.2, 0.25) is 0 Å². The second-order valence-corrected chi connectivity index (χ2v) is 9.54. The molecule has 4 rings (SSSR count). The zero-order valence-electron chi connectivity index (χ0n) is 20.5. The number of benzene rings is 3. The zero-order valence-corrected chi connectivity index (χ0v) is 20.5. The maximum absolute atomic E-state index is 13.1. The van der Waals surface area contributed by atoms with E-state index in [1.165, 1.54) is 5.56 Å². The van der Waals surface area contributed by atoms with E-state index < -0.39 is 12.0 Å². The van der Waals surface area contributed by atoms with Crippen molar-refractivity contribution in [1.82, 2.24) is 5.32 Å². The summed E-state index contributed by atoms with van der Waals surface area (Å²) in [6.07, 6.45) is 1.72. The molecule has 35 heavy (non-hydrogen) atoms. The SMILES string of the molecule is Cc1cc(C)c(C[C@H](N)C(=O)N[C@@H]2CCNc3c(C(=O)O)cc(Cc4ccccc4)cc32)c(C)c1. The van der Waals surface area contributed by atoms with Gasteiger partial charge in [-0.25, -0.2) is 4.79 Å². The van der Waals surface area contributed by atoms with Gasteiger partial charge in [0.05, 0.1) is 23.3 Å². The molecule has 3 aromatic carbocycles. The van der Waals surface area contributed by atoms with Gasteiger partial charge >= 0.3 is 5.97 Å². The third-order valence-corrected chi connectivity index (χ3v) is 6.74. The van der Waals surface area contributed by atoms with E-state index >= 15 is 0 Å². The average Bonchev–Trinajstić information content (AvgIpc) is 2.81. The van der Waals surface area contributed by atoms with Crippen LogP contribution < -0.4 is 16.4 Å². The highest BCUT2D eigenvalue weighted by Gasteiger charge is 2.28. The van der Waals surface area contributed by atoms with Gasteiger partial charge < -0.3 is 21.5 Å². The summed E-state index contributed by atoms with van der Waals surface area (Å²) in [7, 11) is 0. The quantitative estimate of drug-likeness (QED) is 0.408. The van der Waals surface area contributed by atoms with Crippen molar-refractivity contribution >= 4 is 17.6 Å². The first-order chi connectivity index (χ1) is 16.7. The van der Waals surface area contributed by atoms with Gasteiger partial charge in [0.1, 0.15) is 0 Å². The van der Waals surface area contributed by atoms with Crippen molar-refractivity contribution in [3.05, 3.63) is 99.1 Å². The smallest absolute Gasteiger partial charge is 0.337 e. The van der Waals surface area contributed by atoms with Crippen LogP contribution in [-0.2, 0) is 17.6 Å². The molecule has 0 aromatic heterocycles. The molecule has 0 unspecified atom stereocenters. The molecule has 182 valence electrons. The summed E-state index contributed by atoms with van der Waals surface area (Å²) in [5, 5.41) is 16.2. The third-order valence-electron chi connectivity index (χ3n) is 6.74. The summed E-state index contributed by atoms with van der Waals surface area (Å²) >= 11 is 0. The second-order valence-electron chi connectivity index (χ2n) is 9.54. The normalized spacial score (nSPS) is 15.6. The Morgan fingerprint density at radius 3 is 2.40 bits per heavy atom. The largest absolute Gasteiger partial charge is 0.478 e. The Morgan fingerprint density at radius 2 is 1.74 bits per heavy atom. The lowest BCUT2D eigenvalue weighted by molar-refractivity contribution is -0.123. The van der Waals surface area contributed by atoms with Crippen LogP contribution in [0, 0.1) is 20.8 Å². The Balaban J connectivity index is 1.58. The summed E-state index contributed by atoms with van der Waals surface area (Å²) in [5.74, 6) is -1.22. The molecule has 0 radical (unpaired) electrons. The number of nitrogens with two attached hydrogens (primary N) is 1. The van der Waals surface area contributed by atoms with Crippen molar-refractivity contribution in [2.45, 2.75) is 52.1 Å². The minimum atomic E-state index is -0.988. The van der Waals surface area contributed by atoms with Crippen LogP contribution in [-0.4, -0.2) is 29.6 Å². The maximum Gasteiger partial charge on any atom is 0.337 e. The van der Waals surface area contributed by atoms with E-state index in [4.69, 9.17) is 5.73 Å². The van der Waals surface area contributed by atoms with E-state index in [0.29, 0.717) is 31.5 Å². The fourth-order valence-corrected chi connectivity index (χ4v) is 5.07. The molecule has 0 spiro atoms. The summed E-state index contributed by atoms with van der Waals surface area (Å²) < 4.78 is 0. The molecule has 1 amide bonds. The van der Waals surface area contributed by atoms with Gasteiger partial charge in [0.15, 0.2) is 0 Å². The highest BCUT2D eigenvalue weighted by Crippen LogP contribution is 2.35. The average molecular weight is 472 g/mol. The van der Waals surface area contributed by atoms with Gasteiger partial charge in [-0.3, -0.25) is 4.79 Å². The first kappa shape index (κ1) is 24.5. The Morgan fingerprint density at radius 1 is 1.06 bits per heavy atom. The molecule has 0 saturated carbocycles. The lowest BCUT2D eigenvalue weighted by Crippen LogP contribution is -2.45. The van der Waals surface area contributed by atoms with Gasteiger partial charge in [-0.05, 0) is 79.5 Å². The van der Waals surface area contributed by atoms with Crippen molar-refractivity contribution < 1.29 is 14.7 Å². The molecule has 3 aromatic rings. The maximum atomic E-state index is 13.1. The van der Waals surface area contributed by atoms with Crippen LogP contribution >= 0.6 is 0 Å². The van der Waals surface area contributed by atoms with E-state index in [0.717, 1.165) is 33.4 Å². The van der Waals surface area contributed by atoms with Crippen molar-refractivity contribution in [3.8, 4) is 0 Å².